The molecule has 0 N–H and O–H groups in total. The molecule has 0 amide bonds. The van der Waals surface area contributed by atoms with Crippen molar-refractivity contribution in [2.24, 2.45) is 0 Å². The number of alkyl halides is 6. The van der Waals surface area contributed by atoms with E-state index in [1.807, 2.05) is 25.7 Å². The van der Waals surface area contributed by atoms with Crippen molar-refractivity contribution >= 4 is 17.5 Å². The molecule has 28 heavy (non-hydrogen) atoms. The molecule has 1 aromatic carbocycles. The van der Waals surface area contributed by atoms with Crippen molar-refractivity contribution in [2.45, 2.75) is 46.0 Å². The van der Waals surface area contributed by atoms with E-state index in [9.17, 15) is 31.1 Å². The number of unbranched alkanes of at least 4 members (excludes halogenated alkanes) is 1. The first-order valence-corrected chi connectivity index (χ1v) is 9.35. The Morgan fingerprint density at radius 1 is 1.11 bits per heavy atom. The van der Waals surface area contributed by atoms with Crippen LogP contribution >= 0.6 is 11.8 Å². The predicted octanol–water partition coefficient (Wildman–Crippen LogP) is 6.85. The van der Waals surface area contributed by atoms with E-state index in [1.54, 1.807) is 0 Å². The van der Waals surface area contributed by atoms with Crippen molar-refractivity contribution in [3.63, 3.8) is 0 Å². The van der Waals surface area contributed by atoms with Gasteiger partial charge in [-0.1, -0.05) is 25.1 Å². The molecule has 0 aliphatic carbocycles. The van der Waals surface area contributed by atoms with Gasteiger partial charge in [0.1, 0.15) is 0 Å². The third-order valence-corrected chi connectivity index (χ3v) is 5.49. The molecular formula is C19H19F6NOS. The summed E-state index contributed by atoms with van der Waals surface area (Å²) in [4.78, 5) is 15.3. The quantitative estimate of drug-likeness (QED) is 0.294. The van der Waals surface area contributed by atoms with Gasteiger partial charge in [0.05, 0.1) is 16.2 Å². The van der Waals surface area contributed by atoms with Crippen molar-refractivity contribution in [2.75, 3.05) is 6.54 Å². The number of nitrogens with zero attached hydrogens (tertiary/aromatic N) is 1. The maximum Gasteiger partial charge on any atom is 0.417 e. The van der Waals surface area contributed by atoms with Gasteiger partial charge in [-0.2, -0.15) is 26.3 Å². The second-order valence-electron chi connectivity index (χ2n) is 6.35. The lowest BCUT2D eigenvalue weighted by Gasteiger charge is -2.21. The lowest BCUT2D eigenvalue weighted by molar-refractivity contribution is -0.141. The molecule has 0 saturated carbocycles. The summed E-state index contributed by atoms with van der Waals surface area (Å²) in [5.74, 6) is -1.11. The normalized spacial score (nSPS) is 17.0. The topological polar surface area (TPSA) is 20.3 Å². The van der Waals surface area contributed by atoms with Gasteiger partial charge in [0, 0.05) is 28.8 Å². The number of ketones is 1. The van der Waals surface area contributed by atoms with Gasteiger partial charge in [0.25, 0.3) is 0 Å². The van der Waals surface area contributed by atoms with E-state index >= 15 is 0 Å². The number of hydrogen-bond acceptors (Lipinski definition) is 3. The van der Waals surface area contributed by atoms with Crippen LogP contribution in [0, 0.1) is 0 Å². The van der Waals surface area contributed by atoms with E-state index in [0.29, 0.717) is 23.7 Å². The molecule has 0 atom stereocenters. The Kier molecular flexibility index (Phi) is 6.58. The summed E-state index contributed by atoms with van der Waals surface area (Å²) in [6.45, 7) is 6.19. The zero-order valence-corrected chi connectivity index (χ0v) is 16.3. The summed E-state index contributed by atoms with van der Waals surface area (Å²) in [5, 5.41) is 0.416. The van der Waals surface area contributed by atoms with Crippen molar-refractivity contribution in [3.8, 4) is 0 Å². The van der Waals surface area contributed by atoms with Crippen LogP contribution in [0.2, 0.25) is 0 Å². The maximum atomic E-state index is 13.2. The number of carbonyl (C=O) groups is 1. The van der Waals surface area contributed by atoms with E-state index in [2.05, 4.69) is 0 Å². The van der Waals surface area contributed by atoms with Crippen LogP contribution < -0.4 is 0 Å². The summed E-state index contributed by atoms with van der Waals surface area (Å²) < 4.78 is 78.5. The highest BCUT2D eigenvalue weighted by Crippen LogP contribution is 2.42. The van der Waals surface area contributed by atoms with Gasteiger partial charge in [-0.25, -0.2) is 0 Å². The Morgan fingerprint density at radius 2 is 1.75 bits per heavy atom. The second-order valence-corrected chi connectivity index (χ2v) is 7.59. The number of hydrogen-bond donors (Lipinski definition) is 0. The standard InChI is InChI=1S/C19H19F6NOS/c1-4-5-8-26-11(2)12(3)28-17(26)10-16(27)14-9-13(18(20,21)22)6-7-15(14)19(23,24)25/h6-7,9-10H,4-5,8H2,1-3H3/b17-10-. The first kappa shape index (κ1) is 22.4. The van der Waals surface area contributed by atoms with Gasteiger partial charge in [-0.15, -0.1) is 0 Å². The number of halogens is 6. The van der Waals surface area contributed by atoms with E-state index < -0.39 is 34.8 Å². The van der Waals surface area contributed by atoms with Crippen LogP contribution in [-0.4, -0.2) is 17.2 Å². The molecule has 1 aliphatic rings. The molecule has 1 heterocycles. The molecule has 0 unspecified atom stereocenters. The lowest BCUT2D eigenvalue weighted by Crippen LogP contribution is -2.19. The first-order chi connectivity index (χ1) is 12.9. The Balaban J connectivity index is 2.48. The zero-order valence-electron chi connectivity index (χ0n) is 15.5. The molecular weight excluding hydrogens is 404 g/mol. The molecule has 2 rings (SSSR count). The predicted molar refractivity (Wildman–Crippen MR) is 96.4 cm³/mol. The monoisotopic (exact) mass is 423 g/mol. The molecule has 154 valence electrons. The number of thioether (sulfide) groups is 1. The summed E-state index contributed by atoms with van der Waals surface area (Å²) in [5.41, 5.74) is -2.81. The third-order valence-electron chi connectivity index (χ3n) is 4.35. The molecule has 0 fully saturated rings. The smallest absolute Gasteiger partial charge is 0.339 e. The zero-order chi connectivity index (χ0) is 21.3. The minimum atomic E-state index is -4.94. The van der Waals surface area contributed by atoms with Gasteiger partial charge >= 0.3 is 12.4 Å². The second kappa shape index (κ2) is 8.23. The lowest BCUT2D eigenvalue weighted by atomic mass is 9.99. The van der Waals surface area contributed by atoms with Crippen molar-refractivity contribution in [1.82, 2.24) is 4.90 Å². The molecule has 9 heteroatoms. The highest BCUT2D eigenvalue weighted by molar-refractivity contribution is 8.06. The van der Waals surface area contributed by atoms with Gasteiger partial charge < -0.3 is 4.90 Å². The first-order valence-electron chi connectivity index (χ1n) is 8.53. The van der Waals surface area contributed by atoms with Crippen molar-refractivity contribution in [3.05, 3.63) is 56.6 Å². The summed E-state index contributed by atoms with van der Waals surface area (Å²) >= 11 is 1.22. The number of carbonyl (C=O) groups excluding carboxylic acids is 1. The molecule has 1 aliphatic heterocycles. The van der Waals surface area contributed by atoms with Crippen LogP contribution in [0.3, 0.4) is 0 Å². The Bertz CT molecular complexity index is 823. The van der Waals surface area contributed by atoms with Crippen molar-refractivity contribution < 1.29 is 31.1 Å². The van der Waals surface area contributed by atoms with Crippen LogP contribution in [0.1, 0.15) is 55.1 Å². The molecule has 0 saturated heterocycles. The van der Waals surface area contributed by atoms with E-state index in [4.69, 9.17) is 0 Å². The number of allylic oxidation sites excluding steroid dienone is 3. The minimum Gasteiger partial charge on any atom is -0.339 e. The minimum absolute atomic E-state index is 0.269. The van der Waals surface area contributed by atoms with Gasteiger partial charge in [0.2, 0.25) is 0 Å². The SMILES string of the molecule is CCCCN1C(C)=C(C)S/C1=C\C(=O)c1cc(C(F)(F)F)ccc1C(F)(F)F. The Morgan fingerprint density at radius 3 is 2.29 bits per heavy atom. The largest absolute Gasteiger partial charge is 0.417 e. The fourth-order valence-electron chi connectivity index (χ4n) is 2.70. The Labute approximate surface area is 163 Å². The third kappa shape index (κ3) is 4.92. The van der Waals surface area contributed by atoms with Crippen LogP contribution in [0.5, 0.6) is 0 Å². The molecule has 0 spiro atoms. The average molecular weight is 423 g/mol. The maximum absolute atomic E-state index is 13.2. The van der Waals surface area contributed by atoms with Gasteiger partial charge in [-0.3, -0.25) is 4.79 Å². The van der Waals surface area contributed by atoms with Crippen LogP contribution in [-0.2, 0) is 12.4 Å². The summed E-state index contributed by atoms with van der Waals surface area (Å²) in [7, 11) is 0. The van der Waals surface area contributed by atoms with Crippen LogP contribution in [0.25, 0.3) is 0 Å². The molecule has 0 aromatic heterocycles. The van der Waals surface area contributed by atoms with E-state index in [0.717, 1.165) is 29.5 Å². The molecule has 0 bridgehead atoms. The summed E-state index contributed by atoms with van der Waals surface area (Å²) in [6.07, 6.45) is -7.13. The number of rotatable bonds is 5. The highest BCUT2D eigenvalue weighted by atomic mass is 32.2. The highest BCUT2D eigenvalue weighted by Gasteiger charge is 2.38. The van der Waals surface area contributed by atoms with E-state index in [-0.39, 0.29) is 6.07 Å². The van der Waals surface area contributed by atoms with Crippen molar-refractivity contribution in [1.29, 1.82) is 0 Å². The molecule has 0 radical (unpaired) electrons. The average Bonchev–Trinajstić information content (AvgIpc) is 2.84. The fraction of sp³-hybridized carbons (Fsp3) is 0.421. The van der Waals surface area contributed by atoms with Crippen LogP contribution in [0.4, 0.5) is 26.3 Å². The summed E-state index contributed by atoms with van der Waals surface area (Å²) in [6, 6.07) is 0.909. The van der Waals surface area contributed by atoms with Gasteiger partial charge in [0.15, 0.2) is 5.78 Å². The van der Waals surface area contributed by atoms with Crippen LogP contribution in [0.15, 0.2) is 39.9 Å². The molecule has 2 nitrogen and oxygen atoms in total. The Hall–Kier alpha value is -1.90. The van der Waals surface area contributed by atoms with E-state index in [1.165, 1.54) is 11.8 Å². The molecule has 1 aromatic rings. The van der Waals surface area contributed by atoms with Gasteiger partial charge in [-0.05, 0) is 38.5 Å². The fourth-order valence-corrected chi connectivity index (χ4v) is 3.78. The number of benzene rings is 1.